The number of nitrogens with zero attached hydrogens (tertiary/aromatic N) is 2. The zero-order valence-corrected chi connectivity index (χ0v) is 29.2. The first kappa shape index (κ1) is 30.4. The van der Waals surface area contributed by atoms with Crippen molar-refractivity contribution >= 4 is 105 Å². The van der Waals surface area contributed by atoms with Crippen molar-refractivity contribution in [2.75, 3.05) is 0 Å². The van der Waals surface area contributed by atoms with Gasteiger partial charge in [-0.25, -0.2) is 0 Å². The standard InChI is InChI=1S/C24H22BNO2.C18H10BrN.FH/c1-23(2)24(3,4)28-25(27-23)15-12-13-21-19(14-15)18-10-7-9-17-16-8-5-6-11-20(16)26(21)22(17)18;19-11-8-9-17-15(10-11)14-6-3-5-13-12-4-1-2-7-16(12)20(17)18(13)14;/h5-14H,1-4H3;1-10H;1H. The van der Waals surface area contributed by atoms with Gasteiger partial charge in [0.1, 0.15) is 0 Å². The molecule has 7 heteroatoms. The Labute approximate surface area is 291 Å². The number of para-hydroxylation sites is 4. The quantitative estimate of drug-likeness (QED) is 0.159. The number of aromatic nitrogens is 2. The number of hydrogen-bond acceptors (Lipinski definition) is 2. The molecule has 1 fully saturated rings. The van der Waals surface area contributed by atoms with E-state index in [0.717, 1.165) is 9.94 Å². The third-order valence-electron chi connectivity index (χ3n) is 11.0. The summed E-state index contributed by atoms with van der Waals surface area (Å²) in [6.45, 7) is 8.38. The van der Waals surface area contributed by atoms with Gasteiger partial charge >= 0.3 is 7.12 Å². The van der Waals surface area contributed by atoms with Crippen LogP contribution in [-0.4, -0.2) is 27.1 Å². The molecule has 1 aliphatic heterocycles. The number of hydrogen-bond donors (Lipinski definition) is 0. The van der Waals surface area contributed by atoms with E-state index in [-0.39, 0.29) is 23.0 Å². The average Bonchev–Trinajstić information content (AvgIpc) is 3.85. The molecular formula is C42H33BBrFN2O2. The van der Waals surface area contributed by atoms with Gasteiger partial charge in [0.25, 0.3) is 0 Å². The maximum Gasteiger partial charge on any atom is 0.494 e. The summed E-state index contributed by atoms with van der Waals surface area (Å²) in [7, 11) is -0.341. The normalized spacial score (nSPS) is 15.8. The number of fused-ring (bicyclic) bond motifs is 12. The van der Waals surface area contributed by atoms with Gasteiger partial charge in [0.2, 0.25) is 0 Å². The van der Waals surface area contributed by atoms with Crippen LogP contribution >= 0.6 is 15.9 Å². The van der Waals surface area contributed by atoms with E-state index in [1.54, 1.807) is 0 Å². The van der Waals surface area contributed by atoms with Crippen LogP contribution in [0.5, 0.6) is 0 Å². The minimum atomic E-state index is -0.341. The molecule has 0 radical (unpaired) electrons. The number of halogens is 2. The van der Waals surface area contributed by atoms with Gasteiger partial charge in [-0.05, 0) is 69.6 Å². The van der Waals surface area contributed by atoms with Crippen LogP contribution in [0.2, 0.25) is 0 Å². The first-order valence-electron chi connectivity index (χ1n) is 16.6. The topological polar surface area (TPSA) is 27.3 Å². The van der Waals surface area contributed by atoms with E-state index in [0.29, 0.717) is 0 Å². The molecule has 1 saturated heterocycles. The second-order valence-corrected chi connectivity index (χ2v) is 15.1. The highest BCUT2D eigenvalue weighted by Gasteiger charge is 2.51. The summed E-state index contributed by atoms with van der Waals surface area (Å²) >= 11 is 3.59. The summed E-state index contributed by atoms with van der Waals surface area (Å²) < 4.78 is 18.5. The summed E-state index contributed by atoms with van der Waals surface area (Å²) in [6, 6.07) is 43.6. The molecule has 49 heavy (non-hydrogen) atoms. The molecule has 0 unspecified atom stereocenters. The highest BCUT2D eigenvalue weighted by molar-refractivity contribution is 9.10. The Bertz CT molecular complexity index is 2870. The minimum Gasteiger partial charge on any atom is -0.399 e. The molecule has 10 aromatic rings. The molecule has 6 aromatic carbocycles. The van der Waals surface area contributed by atoms with Crippen molar-refractivity contribution in [3.8, 4) is 0 Å². The summed E-state index contributed by atoms with van der Waals surface area (Å²) in [5, 5.41) is 10.5. The van der Waals surface area contributed by atoms with Gasteiger partial charge in [-0.15, -0.1) is 0 Å². The van der Waals surface area contributed by atoms with Gasteiger partial charge in [0.15, 0.2) is 0 Å². The molecule has 0 atom stereocenters. The van der Waals surface area contributed by atoms with E-state index in [1.807, 2.05) is 0 Å². The van der Waals surface area contributed by atoms with E-state index in [9.17, 15) is 0 Å². The van der Waals surface area contributed by atoms with Crippen LogP contribution in [-0.2, 0) is 9.31 Å². The molecule has 0 N–H and O–H groups in total. The van der Waals surface area contributed by atoms with Crippen LogP contribution < -0.4 is 5.46 Å². The molecule has 5 heterocycles. The van der Waals surface area contributed by atoms with Crippen molar-refractivity contribution in [3.05, 3.63) is 126 Å². The maximum atomic E-state index is 6.28. The molecule has 4 nitrogen and oxygen atoms in total. The fourth-order valence-corrected chi connectivity index (χ4v) is 8.34. The lowest BCUT2D eigenvalue weighted by Crippen LogP contribution is -2.41. The first-order valence-corrected chi connectivity index (χ1v) is 17.4. The zero-order valence-electron chi connectivity index (χ0n) is 27.6. The fraction of sp³-hybridized carbons (Fsp3) is 0.143. The summed E-state index contributed by atoms with van der Waals surface area (Å²) in [5.41, 5.74) is 8.09. The van der Waals surface area contributed by atoms with Crippen molar-refractivity contribution in [1.82, 2.24) is 8.80 Å². The van der Waals surface area contributed by atoms with E-state index in [2.05, 4.69) is 174 Å². The monoisotopic (exact) mass is 706 g/mol. The van der Waals surface area contributed by atoms with Crippen LogP contribution in [0.3, 0.4) is 0 Å². The average molecular weight is 707 g/mol. The van der Waals surface area contributed by atoms with E-state index in [4.69, 9.17) is 9.31 Å². The molecule has 4 aromatic heterocycles. The van der Waals surface area contributed by atoms with Crippen molar-refractivity contribution in [1.29, 1.82) is 0 Å². The van der Waals surface area contributed by atoms with Crippen molar-refractivity contribution in [2.45, 2.75) is 38.9 Å². The Balaban J connectivity index is 0.000000137. The van der Waals surface area contributed by atoms with Crippen LogP contribution in [0, 0.1) is 0 Å². The second kappa shape index (κ2) is 10.4. The van der Waals surface area contributed by atoms with E-state index >= 15 is 0 Å². The van der Waals surface area contributed by atoms with Gasteiger partial charge < -0.3 is 18.1 Å². The third-order valence-corrected chi connectivity index (χ3v) is 11.4. The molecule has 1 aliphatic rings. The van der Waals surface area contributed by atoms with Crippen LogP contribution in [0.4, 0.5) is 4.70 Å². The van der Waals surface area contributed by atoms with Crippen LogP contribution in [0.1, 0.15) is 27.7 Å². The Morgan fingerprint density at radius 3 is 1.41 bits per heavy atom. The molecule has 240 valence electrons. The van der Waals surface area contributed by atoms with Gasteiger partial charge in [0.05, 0.1) is 44.3 Å². The first-order chi connectivity index (χ1) is 23.2. The third kappa shape index (κ3) is 4.10. The van der Waals surface area contributed by atoms with Crippen LogP contribution in [0.15, 0.2) is 126 Å². The Morgan fingerprint density at radius 1 is 0.469 bits per heavy atom. The van der Waals surface area contributed by atoms with Crippen molar-refractivity contribution in [2.24, 2.45) is 0 Å². The SMILES string of the molecule is Brc1ccc2c(c1)c1cccc3c4ccccc4n2c31.CC1(C)OB(c2ccc3c(c2)c2cccc4c5ccccc5n3c42)OC1(C)C.F. The lowest BCUT2D eigenvalue weighted by molar-refractivity contribution is 0.00578. The Morgan fingerprint density at radius 2 is 0.878 bits per heavy atom. The molecule has 0 spiro atoms. The molecular weight excluding hydrogens is 674 g/mol. The van der Waals surface area contributed by atoms with E-state index < -0.39 is 0 Å². The predicted octanol–water partition coefficient (Wildman–Crippen LogP) is 10.9. The molecule has 0 amide bonds. The molecule has 11 rings (SSSR count). The van der Waals surface area contributed by atoms with Gasteiger partial charge in [0, 0.05) is 47.6 Å². The Hall–Kier alpha value is -4.69. The predicted molar refractivity (Wildman–Crippen MR) is 208 cm³/mol. The largest absolute Gasteiger partial charge is 0.494 e. The highest BCUT2D eigenvalue weighted by Crippen LogP contribution is 2.41. The lowest BCUT2D eigenvalue weighted by atomic mass is 9.78. The smallest absolute Gasteiger partial charge is 0.399 e. The lowest BCUT2D eigenvalue weighted by Gasteiger charge is -2.32. The molecule has 0 saturated carbocycles. The fourth-order valence-electron chi connectivity index (χ4n) is 7.98. The van der Waals surface area contributed by atoms with Gasteiger partial charge in [-0.2, -0.15) is 0 Å². The van der Waals surface area contributed by atoms with Crippen LogP contribution in [0.25, 0.3) is 76.2 Å². The minimum absolute atomic E-state index is 0. The number of rotatable bonds is 1. The second-order valence-electron chi connectivity index (χ2n) is 14.1. The number of benzene rings is 6. The molecule has 0 aliphatic carbocycles. The van der Waals surface area contributed by atoms with E-state index in [1.165, 1.54) is 76.2 Å². The van der Waals surface area contributed by atoms with Crippen molar-refractivity contribution < 1.29 is 14.0 Å². The Kier molecular flexibility index (Phi) is 6.45. The zero-order chi connectivity index (χ0) is 32.5. The van der Waals surface area contributed by atoms with Gasteiger partial charge in [-0.3, -0.25) is 4.70 Å². The summed E-state index contributed by atoms with van der Waals surface area (Å²) in [5.74, 6) is 0. The van der Waals surface area contributed by atoms with Crippen molar-refractivity contribution in [3.63, 3.8) is 0 Å². The summed E-state index contributed by atoms with van der Waals surface area (Å²) in [4.78, 5) is 0. The highest BCUT2D eigenvalue weighted by atomic mass is 79.9. The van der Waals surface area contributed by atoms with Gasteiger partial charge in [-0.1, -0.05) is 101 Å². The summed E-state index contributed by atoms with van der Waals surface area (Å²) in [6.07, 6.45) is 0. The molecule has 0 bridgehead atoms. The maximum absolute atomic E-state index is 6.28.